The number of thiazole rings is 1. The van der Waals surface area contributed by atoms with Crippen molar-refractivity contribution in [1.29, 1.82) is 0 Å². The van der Waals surface area contributed by atoms with Gasteiger partial charge in [-0.25, -0.2) is 4.98 Å². The van der Waals surface area contributed by atoms with Gasteiger partial charge in [0.05, 0.1) is 15.2 Å². The predicted molar refractivity (Wildman–Crippen MR) is 105 cm³/mol. The Hall–Kier alpha value is -2.28. The molecule has 3 aromatic rings. The van der Waals surface area contributed by atoms with Crippen LogP contribution < -0.4 is 0 Å². The van der Waals surface area contributed by atoms with E-state index in [9.17, 15) is 15.0 Å². The molecule has 6 heteroatoms. The molecule has 0 spiro atoms. The van der Waals surface area contributed by atoms with Gasteiger partial charge in [-0.2, -0.15) is 0 Å². The molecule has 1 fully saturated rings. The maximum absolute atomic E-state index is 12.6. The molecule has 1 aliphatic rings. The summed E-state index contributed by atoms with van der Waals surface area (Å²) in [4.78, 5) is 18.8. The van der Waals surface area contributed by atoms with Crippen LogP contribution in [0.4, 0.5) is 0 Å². The van der Waals surface area contributed by atoms with Gasteiger partial charge < -0.3 is 15.1 Å². The number of para-hydroxylation sites is 1. The Morgan fingerprint density at radius 2 is 1.93 bits per heavy atom. The number of amides is 1. The van der Waals surface area contributed by atoms with Gasteiger partial charge in [0, 0.05) is 32.4 Å². The molecule has 1 aromatic heterocycles. The summed E-state index contributed by atoms with van der Waals surface area (Å²) in [6.07, 6.45) is 0.273. The zero-order valence-corrected chi connectivity index (χ0v) is 15.7. The molecule has 140 valence electrons. The van der Waals surface area contributed by atoms with Crippen LogP contribution >= 0.6 is 11.3 Å². The number of fused-ring (bicyclic) bond motifs is 1. The van der Waals surface area contributed by atoms with Crippen LogP contribution in [0.5, 0.6) is 0 Å². The van der Waals surface area contributed by atoms with E-state index in [4.69, 9.17) is 0 Å². The van der Waals surface area contributed by atoms with Crippen LogP contribution in [0.2, 0.25) is 0 Å². The van der Waals surface area contributed by atoms with Gasteiger partial charge in [0.15, 0.2) is 0 Å². The fraction of sp³-hybridized carbons (Fsp3) is 0.333. The fourth-order valence-corrected chi connectivity index (χ4v) is 4.58. The fourth-order valence-electron chi connectivity index (χ4n) is 3.61. The Morgan fingerprint density at radius 1 is 1.19 bits per heavy atom. The monoisotopic (exact) mass is 382 g/mol. The standard InChI is InChI=1S/C21H22N2O3S/c24-18-14-23(13-12-21(18,26)15-6-2-1-3-7-15)20(25)11-10-19-22-16-8-4-5-9-17(16)27-19/h1-9,18,24,26H,10-14H2/t18-,21-/m0/s1. The van der Waals surface area contributed by atoms with Gasteiger partial charge in [0.1, 0.15) is 11.7 Å². The lowest BCUT2D eigenvalue weighted by Gasteiger charge is -2.42. The van der Waals surface area contributed by atoms with Crippen LogP contribution in [0.1, 0.15) is 23.4 Å². The van der Waals surface area contributed by atoms with Crippen LogP contribution in [0, 0.1) is 0 Å². The number of piperidine rings is 1. The van der Waals surface area contributed by atoms with Crippen molar-refractivity contribution >= 4 is 27.5 Å². The van der Waals surface area contributed by atoms with Crippen LogP contribution in [0.15, 0.2) is 54.6 Å². The van der Waals surface area contributed by atoms with Gasteiger partial charge in [-0.3, -0.25) is 4.79 Å². The maximum Gasteiger partial charge on any atom is 0.223 e. The summed E-state index contributed by atoms with van der Waals surface area (Å²) in [6.45, 7) is 0.575. The van der Waals surface area contributed by atoms with E-state index in [0.717, 1.165) is 15.2 Å². The van der Waals surface area contributed by atoms with Gasteiger partial charge in [-0.15, -0.1) is 11.3 Å². The minimum Gasteiger partial charge on any atom is -0.388 e. The average molecular weight is 382 g/mol. The lowest BCUT2D eigenvalue weighted by molar-refractivity contribution is -0.151. The summed E-state index contributed by atoms with van der Waals surface area (Å²) in [5, 5.41) is 22.4. The SMILES string of the molecule is O=C(CCc1nc2ccccc2s1)N1CC[C@](O)(c2ccccc2)[C@@H](O)C1. The first-order valence-corrected chi connectivity index (χ1v) is 9.96. The summed E-state index contributed by atoms with van der Waals surface area (Å²) in [6, 6.07) is 17.1. The molecular weight excluding hydrogens is 360 g/mol. The molecule has 0 aliphatic carbocycles. The number of β-amino-alcohol motifs (C(OH)–C–C–N with tert-alkyl or cyclic N) is 1. The van der Waals surface area contributed by atoms with E-state index < -0.39 is 11.7 Å². The average Bonchev–Trinajstić information content (AvgIpc) is 3.12. The zero-order valence-electron chi connectivity index (χ0n) is 14.9. The molecule has 2 heterocycles. The Morgan fingerprint density at radius 3 is 2.67 bits per heavy atom. The smallest absolute Gasteiger partial charge is 0.223 e. The van der Waals surface area contributed by atoms with Crippen LogP contribution in [-0.4, -0.2) is 45.2 Å². The summed E-state index contributed by atoms with van der Waals surface area (Å²) >= 11 is 1.61. The molecule has 1 amide bonds. The summed E-state index contributed by atoms with van der Waals surface area (Å²) < 4.78 is 1.13. The lowest BCUT2D eigenvalue weighted by Crippen LogP contribution is -2.55. The van der Waals surface area contributed by atoms with Gasteiger partial charge >= 0.3 is 0 Å². The molecule has 2 atom stereocenters. The van der Waals surface area contributed by atoms with Crippen molar-refractivity contribution in [2.45, 2.75) is 31.0 Å². The van der Waals surface area contributed by atoms with Crippen LogP contribution in [-0.2, 0) is 16.8 Å². The summed E-state index contributed by atoms with van der Waals surface area (Å²) in [5.41, 5.74) is 0.357. The highest BCUT2D eigenvalue weighted by Crippen LogP contribution is 2.33. The molecular formula is C21H22N2O3S. The molecule has 1 aliphatic heterocycles. The molecule has 2 N–H and O–H groups in total. The molecule has 0 radical (unpaired) electrons. The quantitative estimate of drug-likeness (QED) is 0.728. The Bertz CT molecular complexity index is 910. The number of aliphatic hydroxyl groups excluding tert-OH is 1. The van der Waals surface area contributed by atoms with Crippen molar-refractivity contribution in [3.63, 3.8) is 0 Å². The zero-order chi connectivity index (χ0) is 18.9. The molecule has 0 bridgehead atoms. The number of aromatic nitrogens is 1. The summed E-state index contributed by atoms with van der Waals surface area (Å²) in [5.74, 6) is -0.0107. The van der Waals surface area contributed by atoms with Crippen molar-refractivity contribution in [3.8, 4) is 0 Å². The highest BCUT2D eigenvalue weighted by Gasteiger charge is 2.42. The van der Waals surface area contributed by atoms with Gasteiger partial charge in [0.2, 0.25) is 5.91 Å². The number of likely N-dealkylation sites (tertiary alicyclic amines) is 1. The molecule has 1 saturated heterocycles. The van der Waals surface area contributed by atoms with Gasteiger partial charge in [-0.05, 0) is 17.7 Å². The molecule has 0 unspecified atom stereocenters. The number of rotatable bonds is 4. The molecule has 27 heavy (non-hydrogen) atoms. The second kappa shape index (κ2) is 7.38. The third kappa shape index (κ3) is 3.60. The van der Waals surface area contributed by atoms with Crippen molar-refractivity contribution in [1.82, 2.24) is 9.88 Å². The number of hydrogen-bond donors (Lipinski definition) is 2. The first-order valence-electron chi connectivity index (χ1n) is 9.14. The largest absolute Gasteiger partial charge is 0.388 e. The van der Waals surface area contributed by atoms with E-state index in [-0.39, 0.29) is 12.5 Å². The van der Waals surface area contributed by atoms with Crippen LogP contribution in [0.3, 0.4) is 0 Å². The minimum absolute atomic E-state index is 0.0107. The van der Waals surface area contributed by atoms with E-state index >= 15 is 0 Å². The third-order valence-corrected chi connectivity index (χ3v) is 6.32. The number of aryl methyl sites for hydroxylation is 1. The number of aliphatic hydroxyl groups is 2. The van der Waals surface area contributed by atoms with E-state index in [1.54, 1.807) is 16.2 Å². The summed E-state index contributed by atoms with van der Waals surface area (Å²) in [7, 11) is 0. The van der Waals surface area contributed by atoms with E-state index in [0.29, 0.717) is 31.4 Å². The Balaban J connectivity index is 1.38. The Labute approximate surface area is 161 Å². The highest BCUT2D eigenvalue weighted by molar-refractivity contribution is 7.18. The minimum atomic E-state index is -1.30. The molecule has 2 aromatic carbocycles. The number of hydrogen-bond acceptors (Lipinski definition) is 5. The lowest BCUT2D eigenvalue weighted by atomic mass is 9.82. The van der Waals surface area contributed by atoms with Crippen molar-refractivity contribution in [2.24, 2.45) is 0 Å². The first kappa shape index (κ1) is 18.1. The van der Waals surface area contributed by atoms with Crippen molar-refractivity contribution in [2.75, 3.05) is 13.1 Å². The van der Waals surface area contributed by atoms with E-state index in [2.05, 4.69) is 4.98 Å². The topological polar surface area (TPSA) is 73.7 Å². The molecule has 5 nitrogen and oxygen atoms in total. The predicted octanol–water partition coefficient (Wildman–Crippen LogP) is 2.71. The van der Waals surface area contributed by atoms with Gasteiger partial charge in [0.25, 0.3) is 0 Å². The number of carbonyl (C=O) groups is 1. The Kier molecular flexibility index (Phi) is 4.95. The normalized spacial score (nSPS) is 22.9. The van der Waals surface area contributed by atoms with E-state index in [1.165, 1.54) is 0 Å². The second-order valence-corrected chi connectivity index (χ2v) is 8.09. The number of nitrogens with zero attached hydrogens (tertiary/aromatic N) is 2. The van der Waals surface area contributed by atoms with Crippen LogP contribution in [0.25, 0.3) is 10.2 Å². The van der Waals surface area contributed by atoms with Crippen molar-refractivity contribution in [3.05, 3.63) is 65.2 Å². The van der Waals surface area contributed by atoms with E-state index in [1.807, 2.05) is 54.6 Å². The first-order chi connectivity index (χ1) is 13.1. The number of carbonyl (C=O) groups excluding carboxylic acids is 1. The maximum atomic E-state index is 12.6. The second-order valence-electron chi connectivity index (χ2n) is 6.97. The van der Waals surface area contributed by atoms with Gasteiger partial charge in [-0.1, -0.05) is 42.5 Å². The third-order valence-electron chi connectivity index (χ3n) is 5.22. The molecule has 0 saturated carbocycles. The number of benzene rings is 2. The molecule has 4 rings (SSSR count). The highest BCUT2D eigenvalue weighted by atomic mass is 32.1. The van der Waals surface area contributed by atoms with Crippen molar-refractivity contribution < 1.29 is 15.0 Å².